The monoisotopic (exact) mass is 731 g/mol. The summed E-state index contributed by atoms with van der Waals surface area (Å²) < 4.78 is 55.1. The fourth-order valence-electron chi connectivity index (χ4n) is 6.26. The van der Waals surface area contributed by atoms with E-state index in [0.717, 1.165) is 39.2 Å². The third-order valence-electron chi connectivity index (χ3n) is 9.06. The van der Waals surface area contributed by atoms with Crippen LogP contribution in [0.1, 0.15) is 68.3 Å². The van der Waals surface area contributed by atoms with Gasteiger partial charge < -0.3 is 9.30 Å². The zero-order valence-corrected chi connectivity index (χ0v) is 33.5. The van der Waals surface area contributed by atoms with E-state index in [-0.39, 0.29) is 11.6 Å². The maximum atomic E-state index is 14.2. The third kappa shape index (κ3) is 7.25. The Morgan fingerprint density at radius 1 is 1.02 bits per heavy atom. The van der Waals surface area contributed by atoms with Gasteiger partial charge in [0, 0.05) is 26.3 Å². The molecular formula is C38H49N5O4S2Si. The van der Waals surface area contributed by atoms with Gasteiger partial charge in [0.15, 0.2) is 0 Å². The second kappa shape index (κ2) is 13.8. The van der Waals surface area contributed by atoms with Gasteiger partial charge in [-0.05, 0) is 107 Å². The first-order valence-electron chi connectivity index (χ1n) is 17.0. The maximum absolute atomic E-state index is 14.2. The molecule has 2 aromatic heterocycles. The molecule has 0 saturated heterocycles. The fraction of sp³-hybridized carbons (Fsp3) is 0.421. The Morgan fingerprint density at radius 3 is 2.30 bits per heavy atom. The average Bonchev–Trinajstić information content (AvgIpc) is 3.65. The van der Waals surface area contributed by atoms with E-state index in [2.05, 4.69) is 37.4 Å². The number of nitrogens with one attached hydrogen (secondary N) is 1. The Bertz CT molecular complexity index is 2240. The van der Waals surface area contributed by atoms with Crippen molar-refractivity contribution >= 4 is 51.0 Å². The Labute approximate surface area is 300 Å². The standard InChI is InChI=1S/C38H49N5O4S2Si/c1-11-29-22-27(3)35-31(18-19-43(35)49(45,46)30-15-12-26(2)13-16-30)34(29)38(7,41-48(44)37(4,5)6)36-40-32-23-28(24-39)14-17-33(32)42(36)25-47-20-21-50(8,9)10/h12-19,22-23,41H,11,20-21,25H2,1-10H3. The van der Waals surface area contributed by atoms with Crippen LogP contribution in [0.5, 0.6) is 0 Å². The average molecular weight is 732 g/mol. The molecular weight excluding hydrogens is 683 g/mol. The zero-order chi connectivity index (χ0) is 36.8. The van der Waals surface area contributed by atoms with Crippen molar-refractivity contribution in [3.8, 4) is 6.07 Å². The second-order valence-electron chi connectivity index (χ2n) is 15.4. The summed E-state index contributed by atoms with van der Waals surface area (Å²) in [4.78, 5) is 5.36. The molecule has 0 aliphatic heterocycles. The van der Waals surface area contributed by atoms with E-state index in [4.69, 9.17) is 9.72 Å². The molecule has 5 rings (SSSR count). The van der Waals surface area contributed by atoms with Crippen LogP contribution in [0.15, 0.2) is 65.7 Å². The molecule has 9 nitrogen and oxygen atoms in total. The van der Waals surface area contributed by atoms with E-state index in [0.29, 0.717) is 35.4 Å². The molecule has 0 radical (unpaired) electrons. The number of benzene rings is 3. The number of aryl methyl sites for hydroxylation is 3. The zero-order valence-electron chi connectivity index (χ0n) is 30.8. The summed E-state index contributed by atoms with van der Waals surface area (Å²) in [6, 6.07) is 19.3. The fourth-order valence-corrected chi connectivity index (χ4v) is 9.30. The van der Waals surface area contributed by atoms with Crippen LogP contribution >= 0.6 is 0 Å². The van der Waals surface area contributed by atoms with Gasteiger partial charge in [-0.2, -0.15) is 5.26 Å². The summed E-state index contributed by atoms with van der Waals surface area (Å²) in [5.41, 5.74) is 4.75. The van der Waals surface area contributed by atoms with Crippen molar-refractivity contribution in [3.05, 3.63) is 94.4 Å². The lowest BCUT2D eigenvalue weighted by molar-refractivity contribution is 0.0857. The number of imidazole rings is 1. The molecule has 2 unspecified atom stereocenters. The van der Waals surface area contributed by atoms with Gasteiger partial charge in [-0.15, -0.1) is 0 Å². The number of fused-ring (bicyclic) bond motifs is 2. The normalized spacial score (nSPS) is 14.6. The number of aromatic nitrogens is 3. The Balaban J connectivity index is 1.83. The molecule has 0 fully saturated rings. The highest BCUT2D eigenvalue weighted by molar-refractivity contribution is 7.90. The number of ether oxygens (including phenoxy) is 1. The summed E-state index contributed by atoms with van der Waals surface area (Å²) >= 11 is 0. The SMILES string of the molecule is CCc1cc(C)c2c(ccn2S(=O)(=O)c2ccc(C)cc2)c1C(C)(NS(=O)C(C)(C)C)c1nc2cc(C#N)ccc2n1COCC[Si](C)(C)C. The van der Waals surface area contributed by atoms with Crippen molar-refractivity contribution in [3.63, 3.8) is 0 Å². The largest absolute Gasteiger partial charge is 0.361 e. The summed E-state index contributed by atoms with van der Waals surface area (Å²) in [6.45, 7) is 21.3. The van der Waals surface area contributed by atoms with Gasteiger partial charge in [-0.3, -0.25) is 0 Å². The molecule has 5 aromatic rings. The predicted octanol–water partition coefficient (Wildman–Crippen LogP) is 7.91. The quantitative estimate of drug-likeness (QED) is 0.103. The molecule has 2 heterocycles. The smallest absolute Gasteiger partial charge is 0.268 e. The molecule has 50 heavy (non-hydrogen) atoms. The molecule has 0 spiro atoms. The van der Waals surface area contributed by atoms with Crippen molar-refractivity contribution in [1.29, 1.82) is 5.26 Å². The molecule has 0 saturated carbocycles. The molecule has 0 aliphatic rings. The van der Waals surface area contributed by atoms with E-state index in [9.17, 15) is 17.9 Å². The Morgan fingerprint density at radius 2 is 1.70 bits per heavy atom. The van der Waals surface area contributed by atoms with Gasteiger partial charge in [-0.1, -0.05) is 50.3 Å². The van der Waals surface area contributed by atoms with Crippen LogP contribution in [0.25, 0.3) is 21.9 Å². The van der Waals surface area contributed by atoms with Crippen molar-refractivity contribution < 1.29 is 17.4 Å². The van der Waals surface area contributed by atoms with Crippen LogP contribution in [-0.4, -0.2) is 45.6 Å². The first-order valence-corrected chi connectivity index (χ1v) is 23.3. The Kier molecular flexibility index (Phi) is 10.4. The lowest BCUT2D eigenvalue weighted by atomic mass is 9.83. The number of hydrogen-bond donors (Lipinski definition) is 1. The van der Waals surface area contributed by atoms with Gasteiger partial charge in [-0.25, -0.2) is 26.3 Å². The van der Waals surface area contributed by atoms with Gasteiger partial charge in [0.1, 0.15) is 18.1 Å². The van der Waals surface area contributed by atoms with E-state index in [1.165, 1.54) is 3.97 Å². The molecule has 2 atom stereocenters. The van der Waals surface area contributed by atoms with Crippen molar-refractivity contribution in [2.45, 2.75) is 102 Å². The minimum Gasteiger partial charge on any atom is -0.361 e. The van der Waals surface area contributed by atoms with E-state index in [1.807, 2.05) is 64.3 Å². The molecule has 0 bridgehead atoms. The van der Waals surface area contributed by atoms with Crippen LogP contribution in [0.4, 0.5) is 0 Å². The van der Waals surface area contributed by atoms with E-state index < -0.39 is 39.4 Å². The van der Waals surface area contributed by atoms with Gasteiger partial charge in [0.05, 0.1) is 48.8 Å². The molecule has 1 N–H and O–H groups in total. The predicted molar refractivity (Wildman–Crippen MR) is 206 cm³/mol. The Hall–Kier alpha value is -3.60. The molecule has 0 amide bonds. The highest BCUT2D eigenvalue weighted by Crippen LogP contribution is 2.41. The summed E-state index contributed by atoms with van der Waals surface area (Å²) in [5, 5.41) is 10.5. The molecule has 0 aliphatic carbocycles. The minimum atomic E-state index is -3.95. The number of hydrogen-bond acceptors (Lipinski definition) is 6. The second-order valence-corrected chi connectivity index (χ2v) is 24.8. The van der Waals surface area contributed by atoms with Gasteiger partial charge >= 0.3 is 0 Å². The lowest BCUT2D eigenvalue weighted by Gasteiger charge is -2.36. The lowest BCUT2D eigenvalue weighted by Crippen LogP contribution is -2.49. The number of nitrogens with zero attached hydrogens (tertiary/aromatic N) is 4. The number of nitriles is 1. The van der Waals surface area contributed by atoms with Crippen molar-refractivity contribution in [1.82, 2.24) is 18.2 Å². The van der Waals surface area contributed by atoms with E-state index >= 15 is 0 Å². The molecule has 3 aromatic carbocycles. The summed E-state index contributed by atoms with van der Waals surface area (Å²) in [5.74, 6) is 0.558. The van der Waals surface area contributed by atoms with Crippen molar-refractivity contribution in [2.24, 2.45) is 0 Å². The molecule has 266 valence electrons. The van der Waals surface area contributed by atoms with Crippen LogP contribution in [0, 0.1) is 25.2 Å². The summed E-state index contributed by atoms with van der Waals surface area (Å²) in [7, 11) is -6.90. The van der Waals surface area contributed by atoms with Gasteiger partial charge in [0.2, 0.25) is 0 Å². The molecule has 12 heteroatoms. The maximum Gasteiger partial charge on any atom is 0.268 e. The van der Waals surface area contributed by atoms with Crippen LogP contribution in [-0.2, 0) is 44.4 Å². The topological polar surface area (TPSA) is 119 Å². The first-order chi connectivity index (χ1) is 23.3. The van der Waals surface area contributed by atoms with E-state index in [1.54, 1.807) is 42.6 Å². The van der Waals surface area contributed by atoms with Gasteiger partial charge in [0.25, 0.3) is 10.0 Å². The highest BCUT2D eigenvalue weighted by atomic mass is 32.2. The van der Waals surface area contributed by atoms with Crippen molar-refractivity contribution in [2.75, 3.05) is 6.61 Å². The highest BCUT2D eigenvalue weighted by Gasteiger charge is 2.42. The van der Waals surface area contributed by atoms with Crippen LogP contribution in [0.2, 0.25) is 25.7 Å². The van der Waals surface area contributed by atoms with Crippen LogP contribution in [0.3, 0.4) is 0 Å². The first kappa shape index (κ1) is 37.6. The minimum absolute atomic E-state index is 0.195. The summed E-state index contributed by atoms with van der Waals surface area (Å²) in [6.07, 6.45) is 2.24. The number of rotatable bonds is 12. The third-order valence-corrected chi connectivity index (χ3v) is 14.2. The van der Waals surface area contributed by atoms with Crippen LogP contribution < -0.4 is 4.72 Å².